The van der Waals surface area contributed by atoms with Gasteiger partial charge in [-0.2, -0.15) is 5.10 Å². The molecule has 1 N–H and O–H groups in total. The number of rotatable bonds is 6. The van der Waals surface area contributed by atoms with Gasteiger partial charge in [-0.15, -0.1) is 0 Å². The summed E-state index contributed by atoms with van der Waals surface area (Å²) in [6, 6.07) is 1.91. The number of hydrogen-bond acceptors (Lipinski definition) is 4. The molecule has 2 heterocycles. The normalized spacial score (nSPS) is 10.7. The molecule has 0 aromatic carbocycles. The van der Waals surface area contributed by atoms with E-state index in [2.05, 4.69) is 43.2 Å². The first kappa shape index (κ1) is 14.0. The van der Waals surface area contributed by atoms with Gasteiger partial charge in [0, 0.05) is 32.3 Å². The van der Waals surface area contributed by atoms with Gasteiger partial charge in [-0.05, 0) is 34.3 Å². The van der Waals surface area contributed by atoms with Crippen LogP contribution in [0.1, 0.15) is 24.7 Å². The Morgan fingerprint density at radius 2 is 2.16 bits per heavy atom. The SMILES string of the molecule is CCCc1nc(Br)cc(NCCc2cnn(C)c2)n1. The summed E-state index contributed by atoms with van der Waals surface area (Å²) in [5.41, 5.74) is 1.22. The molecule has 0 bridgehead atoms. The minimum Gasteiger partial charge on any atom is -0.370 e. The lowest BCUT2D eigenvalue weighted by molar-refractivity contribution is 0.766. The summed E-state index contributed by atoms with van der Waals surface area (Å²) < 4.78 is 2.64. The Balaban J connectivity index is 1.91. The fourth-order valence-corrected chi connectivity index (χ4v) is 2.25. The van der Waals surface area contributed by atoms with E-state index in [1.54, 1.807) is 0 Å². The van der Waals surface area contributed by atoms with E-state index in [-0.39, 0.29) is 0 Å². The second kappa shape index (κ2) is 6.65. The molecule has 102 valence electrons. The van der Waals surface area contributed by atoms with E-state index in [4.69, 9.17) is 0 Å². The van der Waals surface area contributed by atoms with Crippen molar-refractivity contribution in [2.75, 3.05) is 11.9 Å². The van der Waals surface area contributed by atoms with Gasteiger partial charge in [0.2, 0.25) is 0 Å². The molecule has 0 amide bonds. The molecule has 6 heteroatoms. The third-order valence-corrected chi connectivity index (χ3v) is 3.10. The average molecular weight is 324 g/mol. The highest BCUT2D eigenvalue weighted by atomic mass is 79.9. The number of nitrogens with zero attached hydrogens (tertiary/aromatic N) is 4. The monoisotopic (exact) mass is 323 g/mol. The van der Waals surface area contributed by atoms with Crippen molar-refractivity contribution in [2.45, 2.75) is 26.2 Å². The molecule has 0 saturated carbocycles. The summed E-state index contributed by atoms with van der Waals surface area (Å²) in [5, 5.41) is 7.47. The highest BCUT2D eigenvalue weighted by molar-refractivity contribution is 9.10. The van der Waals surface area contributed by atoms with Crippen LogP contribution in [-0.2, 0) is 19.9 Å². The number of nitrogens with one attached hydrogen (secondary N) is 1. The van der Waals surface area contributed by atoms with E-state index in [0.29, 0.717) is 0 Å². The van der Waals surface area contributed by atoms with E-state index in [9.17, 15) is 0 Å². The van der Waals surface area contributed by atoms with Gasteiger partial charge in [0.25, 0.3) is 0 Å². The third kappa shape index (κ3) is 4.31. The van der Waals surface area contributed by atoms with Gasteiger partial charge in [-0.25, -0.2) is 9.97 Å². The molecule has 19 heavy (non-hydrogen) atoms. The smallest absolute Gasteiger partial charge is 0.132 e. The van der Waals surface area contributed by atoms with Crippen molar-refractivity contribution in [3.8, 4) is 0 Å². The quantitative estimate of drug-likeness (QED) is 0.830. The lowest BCUT2D eigenvalue weighted by atomic mass is 10.2. The summed E-state index contributed by atoms with van der Waals surface area (Å²) in [6.07, 6.45) is 6.79. The summed E-state index contributed by atoms with van der Waals surface area (Å²) >= 11 is 3.42. The summed E-state index contributed by atoms with van der Waals surface area (Å²) in [4.78, 5) is 8.83. The van der Waals surface area contributed by atoms with Crippen LogP contribution in [0.3, 0.4) is 0 Å². The van der Waals surface area contributed by atoms with Crippen LogP contribution < -0.4 is 5.32 Å². The van der Waals surface area contributed by atoms with Crippen molar-refractivity contribution >= 4 is 21.7 Å². The molecule has 2 aromatic rings. The number of anilines is 1. The first-order valence-corrected chi connectivity index (χ1v) is 7.21. The molecule has 0 fully saturated rings. The number of aryl methyl sites for hydroxylation is 2. The van der Waals surface area contributed by atoms with Crippen LogP contribution in [-0.4, -0.2) is 26.3 Å². The zero-order valence-electron chi connectivity index (χ0n) is 11.2. The van der Waals surface area contributed by atoms with Crippen LogP contribution in [0.15, 0.2) is 23.1 Å². The zero-order chi connectivity index (χ0) is 13.7. The molecule has 0 aliphatic rings. The standard InChI is InChI=1S/C13H18BrN5/c1-3-4-12-17-11(14)7-13(18-12)15-6-5-10-8-16-19(2)9-10/h7-9H,3-6H2,1-2H3,(H,15,17,18). The first-order chi connectivity index (χ1) is 9.17. The Morgan fingerprint density at radius 3 is 2.84 bits per heavy atom. The highest BCUT2D eigenvalue weighted by Crippen LogP contribution is 2.13. The lowest BCUT2D eigenvalue weighted by Gasteiger charge is -2.07. The van der Waals surface area contributed by atoms with Gasteiger partial charge in [0.15, 0.2) is 0 Å². The predicted octanol–water partition coefficient (Wildman–Crippen LogP) is 2.58. The van der Waals surface area contributed by atoms with Gasteiger partial charge in [0.1, 0.15) is 16.2 Å². The Bertz CT molecular complexity index is 538. The van der Waals surface area contributed by atoms with Crippen molar-refractivity contribution in [1.29, 1.82) is 0 Å². The molecule has 0 aliphatic heterocycles. The first-order valence-electron chi connectivity index (χ1n) is 6.42. The van der Waals surface area contributed by atoms with E-state index in [1.807, 2.05) is 30.2 Å². The molecule has 0 aliphatic carbocycles. The molecule has 5 nitrogen and oxygen atoms in total. The minimum absolute atomic E-state index is 0.829. The van der Waals surface area contributed by atoms with Crippen LogP contribution >= 0.6 is 15.9 Å². The van der Waals surface area contributed by atoms with Gasteiger partial charge in [0.05, 0.1) is 6.20 Å². The molecule has 2 rings (SSSR count). The fourth-order valence-electron chi connectivity index (χ4n) is 1.83. The van der Waals surface area contributed by atoms with E-state index >= 15 is 0 Å². The molecule has 0 unspecified atom stereocenters. The predicted molar refractivity (Wildman–Crippen MR) is 79.1 cm³/mol. The van der Waals surface area contributed by atoms with Gasteiger partial charge in [-0.1, -0.05) is 6.92 Å². The number of aromatic nitrogens is 4. The zero-order valence-corrected chi connectivity index (χ0v) is 12.8. The molecule has 0 spiro atoms. The third-order valence-electron chi connectivity index (χ3n) is 2.69. The fraction of sp³-hybridized carbons (Fsp3) is 0.462. The largest absolute Gasteiger partial charge is 0.370 e. The summed E-state index contributed by atoms with van der Waals surface area (Å²) in [7, 11) is 1.93. The topological polar surface area (TPSA) is 55.6 Å². The molecule has 2 aromatic heterocycles. The van der Waals surface area contributed by atoms with Crippen LogP contribution in [0.2, 0.25) is 0 Å². The number of halogens is 1. The van der Waals surface area contributed by atoms with E-state index < -0.39 is 0 Å². The van der Waals surface area contributed by atoms with Crippen molar-refractivity contribution in [3.63, 3.8) is 0 Å². The molecule has 0 saturated heterocycles. The molecular formula is C13H18BrN5. The van der Waals surface area contributed by atoms with Crippen LogP contribution in [0.5, 0.6) is 0 Å². The second-order valence-electron chi connectivity index (χ2n) is 4.44. The van der Waals surface area contributed by atoms with Crippen LogP contribution in [0.4, 0.5) is 5.82 Å². The average Bonchev–Trinajstić information content (AvgIpc) is 2.75. The molecule has 0 atom stereocenters. The van der Waals surface area contributed by atoms with Crippen molar-refractivity contribution in [2.24, 2.45) is 7.05 Å². The minimum atomic E-state index is 0.829. The number of hydrogen-bond donors (Lipinski definition) is 1. The lowest BCUT2D eigenvalue weighted by Crippen LogP contribution is -2.08. The maximum absolute atomic E-state index is 4.49. The van der Waals surface area contributed by atoms with Crippen LogP contribution in [0.25, 0.3) is 0 Å². The molecule has 0 radical (unpaired) electrons. The Labute approximate surface area is 121 Å². The maximum Gasteiger partial charge on any atom is 0.132 e. The van der Waals surface area contributed by atoms with Crippen molar-refractivity contribution in [1.82, 2.24) is 19.7 Å². The van der Waals surface area contributed by atoms with Gasteiger partial charge >= 0.3 is 0 Å². The summed E-state index contributed by atoms with van der Waals surface area (Å²) in [5.74, 6) is 1.75. The molecular weight excluding hydrogens is 306 g/mol. The van der Waals surface area contributed by atoms with E-state index in [0.717, 1.165) is 42.1 Å². The Hall–Kier alpha value is -1.43. The maximum atomic E-state index is 4.49. The Kier molecular flexibility index (Phi) is 4.90. The van der Waals surface area contributed by atoms with Gasteiger partial charge in [-0.3, -0.25) is 4.68 Å². The summed E-state index contributed by atoms with van der Waals surface area (Å²) in [6.45, 7) is 2.96. The highest BCUT2D eigenvalue weighted by Gasteiger charge is 2.02. The Morgan fingerprint density at radius 1 is 1.32 bits per heavy atom. The van der Waals surface area contributed by atoms with Crippen molar-refractivity contribution in [3.05, 3.63) is 34.5 Å². The van der Waals surface area contributed by atoms with Gasteiger partial charge < -0.3 is 5.32 Å². The van der Waals surface area contributed by atoms with E-state index in [1.165, 1.54) is 5.56 Å². The van der Waals surface area contributed by atoms with Crippen molar-refractivity contribution < 1.29 is 0 Å². The second-order valence-corrected chi connectivity index (χ2v) is 5.25. The van der Waals surface area contributed by atoms with Crippen LogP contribution in [0, 0.1) is 0 Å².